The number of hydrogen-bond donors (Lipinski definition) is 1. The Morgan fingerprint density at radius 1 is 1.26 bits per heavy atom. The number of carboxylic acids is 1. The Morgan fingerprint density at radius 2 is 2.07 bits per heavy atom. The molecule has 0 spiro atoms. The van der Waals surface area contributed by atoms with Crippen LogP contribution in [0.4, 0.5) is 0 Å². The average molecular weight is 370 g/mol. The second kappa shape index (κ2) is 7.15. The van der Waals surface area contributed by atoms with E-state index in [-0.39, 0.29) is 24.7 Å². The zero-order valence-corrected chi connectivity index (χ0v) is 15.0. The topological polar surface area (TPSA) is 89.0 Å². The molecule has 1 unspecified atom stereocenters. The standard InChI is InChI=1S/C20H22N2O5/c23-18(15-5-11-26-13-15)22-9-6-20(7-10-22,19(24)25)27-16-3-4-17-14(12-16)2-1-8-21-17/h1-4,8,12,15H,5-7,9-11,13H2,(H,24,25). The van der Waals surface area contributed by atoms with Crippen molar-refractivity contribution in [2.75, 3.05) is 26.3 Å². The highest BCUT2D eigenvalue weighted by Crippen LogP contribution is 2.31. The van der Waals surface area contributed by atoms with E-state index in [0.29, 0.717) is 32.1 Å². The monoisotopic (exact) mass is 370 g/mol. The number of nitrogens with zero attached hydrogens (tertiary/aromatic N) is 2. The van der Waals surface area contributed by atoms with E-state index >= 15 is 0 Å². The van der Waals surface area contributed by atoms with Crippen LogP contribution in [-0.4, -0.2) is 58.8 Å². The summed E-state index contributed by atoms with van der Waals surface area (Å²) in [5.74, 6) is -0.536. The molecular weight excluding hydrogens is 348 g/mol. The van der Waals surface area contributed by atoms with Crippen molar-refractivity contribution in [1.82, 2.24) is 9.88 Å². The first-order valence-corrected chi connectivity index (χ1v) is 9.21. The number of carboxylic acid groups (broad SMARTS) is 1. The third kappa shape index (κ3) is 3.47. The highest BCUT2D eigenvalue weighted by Gasteiger charge is 2.45. The molecule has 2 saturated heterocycles. The van der Waals surface area contributed by atoms with E-state index < -0.39 is 11.6 Å². The molecule has 1 aromatic carbocycles. The van der Waals surface area contributed by atoms with Gasteiger partial charge in [-0.05, 0) is 30.7 Å². The number of aromatic nitrogens is 1. The Balaban J connectivity index is 1.48. The molecule has 1 atom stereocenters. The number of piperidine rings is 1. The molecule has 1 aromatic heterocycles. The van der Waals surface area contributed by atoms with E-state index in [0.717, 1.165) is 17.3 Å². The van der Waals surface area contributed by atoms with Gasteiger partial charge in [0.05, 0.1) is 18.0 Å². The van der Waals surface area contributed by atoms with Gasteiger partial charge in [-0.15, -0.1) is 0 Å². The predicted octanol–water partition coefficient (Wildman–Crippen LogP) is 2.10. The van der Waals surface area contributed by atoms with Crippen LogP contribution in [0.3, 0.4) is 0 Å². The number of rotatable bonds is 4. The highest BCUT2D eigenvalue weighted by atomic mass is 16.5. The number of amides is 1. The Kier molecular flexibility index (Phi) is 4.70. The van der Waals surface area contributed by atoms with Crippen molar-refractivity contribution >= 4 is 22.8 Å². The molecular formula is C20H22N2O5. The number of likely N-dealkylation sites (tertiary alicyclic amines) is 1. The minimum atomic E-state index is -1.32. The third-order valence-corrected chi connectivity index (χ3v) is 5.44. The largest absolute Gasteiger partial charge is 0.478 e. The SMILES string of the molecule is O=C(C1CCOC1)N1CCC(Oc2ccc3ncccc3c2)(C(=O)O)CC1. The number of pyridine rings is 1. The van der Waals surface area contributed by atoms with E-state index in [9.17, 15) is 14.7 Å². The van der Waals surface area contributed by atoms with Crippen LogP contribution in [0.25, 0.3) is 10.9 Å². The van der Waals surface area contributed by atoms with E-state index in [2.05, 4.69) is 4.98 Å². The van der Waals surface area contributed by atoms with Crippen molar-refractivity contribution < 1.29 is 24.2 Å². The number of ether oxygens (including phenoxy) is 2. The first-order valence-electron chi connectivity index (χ1n) is 9.21. The lowest BCUT2D eigenvalue weighted by Gasteiger charge is -2.39. The number of carbonyl (C=O) groups excluding carboxylic acids is 1. The van der Waals surface area contributed by atoms with Crippen molar-refractivity contribution in [3.8, 4) is 5.75 Å². The molecule has 4 rings (SSSR count). The predicted molar refractivity (Wildman–Crippen MR) is 97.5 cm³/mol. The van der Waals surface area contributed by atoms with Crippen molar-refractivity contribution in [2.24, 2.45) is 5.92 Å². The molecule has 0 radical (unpaired) electrons. The van der Waals surface area contributed by atoms with E-state index in [1.165, 1.54) is 0 Å². The fourth-order valence-electron chi connectivity index (χ4n) is 3.78. The average Bonchev–Trinajstić information content (AvgIpc) is 3.22. The summed E-state index contributed by atoms with van der Waals surface area (Å²) in [5, 5.41) is 10.7. The number of fused-ring (bicyclic) bond motifs is 1. The maximum Gasteiger partial charge on any atom is 0.348 e. The zero-order chi connectivity index (χ0) is 18.9. The van der Waals surface area contributed by atoms with Crippen LogP contribution in [0.15, 0.2) is 36.5 Å². The Morgan fingerprint density at radius 3 is 2.78 bits per heavy atom. The van der Waals surface area contributed by atoms with Crippen LogP contribution < -0.4 is 4.74 Å². The van der Waals surface area contributed by atoms with Crippen LogP contribution in [0.2, 0.25) is 0 Å². The van der Waals surface area contributed by atoms with Crippen LogP contribution in [0.1, 0.15) is 19.3 Å². The summed E-state index contributed by atoms with van der Waals surface area (Å²) in [4.78, 5) is 30.6. The molecule has 7 heteroatoms. The normalized spacial score (nSPS) is 21.9. The number of benzene rings is 1. The van der Waals surface area contributed by atoms with Gasteiger partial charge < -0.3 is 19.5 Å². The van der Waals surface area contributed by atoms with Gasteiger partial charge >= 0.3 is 5.97 Å². The molecule has 27 heavy (non-hydrogen) atoms. The Labute approximate surface area is 156 Å². The molecule has 2 fully saturated rings. The van der Waals surface area contributed by atoms with Crippen LogP contribution in [-0.2, 0) is 14.3 Å². The summed E-state index contributed by atoms with van der Waals surface area (Å²) in [6, 6.07) is 9.11. The molecule has 2 aliphatic heterocycles. The molecule has 142 valence electrons. The summed E-state index contributed by atoms with van der Waals surface area (Å²) in [5.41, 5.74) is -0.493. The lowest BCUT2D eigenvalue weighted by molar-refractivity contribution is -0.162. The van der Waals surface area contributed by atoms with Gasteiger partial charge in [0.1, 0.15) is 5.75 Å². The first-order chi connectivity index (χ1) is 13.1. The lowest BCUT2D eigenvalue weighted by Crippen LogP contribution is -2.55. The molecule has 0 saturated carbocycles. The van der Waals surface area contributed by atoms with Gasteiger partial charge in [-0.25, -0.2) is 4.79 Å². The van der Waals surface area contributed by atoms with Gasteiger partial charge in [0, 0.05) is 44.1 Å². The summed E-state index contributed by atoms with van der Waals surface area (Å²) >= 11 is 0. The number of aliphatic carboxylic acids is 1. The molecule has 0 bridgehead atoms. The summed E-state index contributed by atoms with van der Waals surface area (Å²) in [6.07, 6.45) is 2.96. The van der Waals surface area contributed by atoms with Gasteiger partial charge in [0.15, 0.2) is 0 Å². The summed E-state index contributed by atoms with van der Waals surface area (Å²) in [7, 11) is 0. The Hall–Kier alpha value is -2.67. The molecule has 0 aliphatic carbocycles. The lowest BCUT2D eigenvalue weighted by atomic mass is 9.90. The molecule has 1 amide bonds. The molecule has 1 N–H and O–H groups in total. The van der Waals surface area contributed by atoms with E-state index in [1.54, 1.807) is 23.2 Å². The fourth-order valence-corrected chi connectivity index (χ4v) is 3.78. The summed E-state index contributed by atoms with van der Waals surface area (Å²) < 4.78 is 11.3. The molecule has 3 heterocycles. The maximum atomic E-state index is 12.5. The molecule has 2 aliphatic rings. The minimum absolute atomic E-state index is 0.0586. The molecule has 7 nitrogen and oxygen atoms in total. The third-order valence-electron chi connectivity index (χ3n) is 5.44. The number of carbonyl (C=O) groups is 2. The van der Waals surface area contributed by atoms with Gasteiger partial charge in [-0.1, -0.05) is 6.07 Å². The minimum Gasteiger partial charge on any atom is -0.478 e. The van der Waals surface area contributed by atoms with Gasteiger partial charge in [0.25, 0.3) is 0 Å². The van der Waals surface area contributed by atoms with Gasteiger partial charge in [-0.2, -0.15) is 0 Å². The quantitative estimate of drug-likeness (QED) is 0.887. The fraction of sp³-hybridized carbons (Fsp3) is 0.450. The summed E-state index contributed by atoms with van der Waals surface area (Å²) in [6.45, 7) is 1.82. The van der Waals surface area contributed by atoms with Crippen LogP contribution in [0.5, 0.6) is 5.75 Å². The Bertz CT molecular complexity index is 854. The van der Waals surface area contributed by atoms with E-state index in [1.807, 2.05) is 18.2 Å². The maximum absolute atomic E-state index is 12.5. The number of hydrogen-bond acceptors (Lipinski definition) is 5. The highest BCUT2D eigenvalue weighted by molar-refractivity contribution is 5.82. The van der Waals surface area contributed by atoms with Crippen molar-refractivity contribution in [3.05, 3.63) is 36.5 Å². The van der Waals surface area contributed by atoms with Gasteiger partial charge in [0.2, 0.25) is 11.5 Å². The van der Waals surface area contributed by atoms with Gasteiger partial charge in [-0.3, -0.25) is 9.78 Å². The van der Waals surface area contributed by atoms with Crippen molar-refractivity contribution in [3.63, 3.8) is 0 Å². The van der Waals surface area contributed by atoms with Crippen LogP contribution >= 0.6 is 0 Å². The second-order valence-electron chi connectivity index (χ2n) is 7.15. The first kappa shape index (κ1) is 17.7. The molecule has 2 aromatic rings. The van der Waals surface area contributed by atoms with E-state index in [4.69, 9.17) is 9.47 Å². The second-order valence-corrected chi connectivity index (χ2v) is 7.15. The van der Waals surface area contributed by atoms with Crippen molar-refractivity contribution in [2.45, 2.75) is 24.9 Å². The van der Waals surface area contributed by atoms with Crippen LogP contribution in [0, 0.1) is 5.92 Å². The van der Waals surface area contributed by atoms with Crippen molar-refractivity contribution in [1.29, 1.82) is 0 Å². The zero-order valence-electron chi connectivity index (χ0n) is 15.0. The smallest absolute Gasteiger partial charge is 0.348 e.